The predicted octanol–water partition coefficient (Wildman–Crippen LogP) is 4.99. The Labute approximate surface area is 131 Å². The van der Waals surface area contributed by atoms with Crippen LogP contribution in [0.15, 0.2) is 24.3 Å². The molecule has 2 rings (SSSR count). The lowest BCUT2D eigenvalue weighted by Crippen LogP contribution is -2.40. The highest BCUT2D eigenvalue weighted by Gasteiger charge is 2.27. The van der Waals surface area contributed by atoms with Crippen LogP contribution in [0.2, 0.25) is 0 Å². The predicted molar refractivity (Wildman–Crippen MR) is 92.7 cm³/mol. The van der Waals surface area contributed by atoms with Crippen molar-refractivity contribution in [2.45, 2.75) is 71.8 Å². The molecule has 0 amide bonds. The molecule has 1 aromatic rings. The number of nitrogens with one attached hydrogen (secondary N) is 1. The van der Waals surface area contributed by atoms with Gasteiger partial charge in [0.15, 0.2) is 0 Å². The highest BCUT2D eigenvalue weighted by atomic mass is 14.9. The molecule has 1 aliphatic rings. The molecule has 0 heterocycles. The molecule has 0 radical (unpaired) electrons. The molecule has 118 valence electrons. The van der Waals surface area contributed by atoms with Gasteiger partial charge in [-0.1, -0.05) is 57.9 Å². The molecule has 0 spiro atoms. The molecule has 2 unspecified atom stereocenters. The maximum absolute atomic E-state index is 3.87. The smallest absolute Gasteiger partial charge is 0.0101 e. The Hall–Kier alpha value is -0.820. The maximum Gasteiger partial charge on any atom is 0.0101 e. The molecule has 0 aromatic heterocycles. The zero-order valence-corrected chi connectivity index (χ0v) is 14.2. The molecule has 1 N–H and O–H groups in total. The van der Waals surface area contributed by atoms with Crippen molar-refractivity contribution in [1.29, 1.82) is 0 Å². The van der Waals surface area contributed by atoms with Crippen molar-refractivity contribution < 1.29 is 0 Å². The summed E-state index contributed by atoms with van der Waals surface area (Å²) in [5.41, 5.74) is 3.19. The Morgan fingerprint density at radius 1 is 1.10 bits per heavy atom. The molecule has 1 nitrogen and oxygen atoms in total. The minimum absolute atomic E-state index is 0.711. The van der Waals surface area contributed by atoms with Crippen LogP contribution in [0.25, 0.3) is 0 Å². The number of benzene rings is 1. The van der Waals surface area contributed by atoms with E-state index in [1.165, 1.54) is 51.5 Å². The van der Waals surface area contributed by atoms with Gasteiger partial charge >= 0.3 is 0 Å². The number of hydrogen-bond donors (Lipinski definition) is 1. The monoisotopic (exact) mass is 287 g/mol. The first-order valence-corrected chi connectivity index (χ1v) is 9.08. The summed E-state index contributed by atoms with van der Waals surface area (Å²) in [6.07, 6.45) is 9.15. The summed E-state index contributed by atoms with van der Waals surface area (Å²) in [6.45, 7) is 8.14. The van der Waals surface area contributed by atoms with Gasteiger partial charge in [-0.2, -0.15) is 0 Å². The quantitative estimate of drug-likeness (QED) is 0.710. The van der Waals surface area contributed by atoms with E-state index in [9.17, 15) is 0 Å². The molecule has 0 fully saturated rings. The molecule has 2 atom stereocenters. The van der Waals surface area contributed by atoms with E-state index in [0.29, 0.717) is 6.04 Å². The standard InChI is InChI=1S/C20H33N/c1-4-13-21-20(14-16(5-2)6-3)19-12-11-17-9-7-8-10-18(17)15-19/h7-10,16,19-21H,4-6,11-15H2,1-3H3. The van der Waals surface area contributed by atoms with Gasteiger partial charge in [0, 0.05) is 6.04 Å². The average molecular weight is 287 g/mol. The molecule has 0 saturated carbocycles. The SMILES string of the molecule is CCCNC(CC(CC)CC)C1CCc2ccccc2C1. The molecule has 21 heavy (non-hydrogen) atoms. The number of hydrogen-bond acceptors (Lipinski definition) is 1. The second kappa shape index (κ2) is 8.58. The summed E-state index contributed by atoms with van der Waals surface area (Å²) >= 11 is 0. The van der Waals surface area contributed by atoms with Crippen LogP contribution in [0, 0.1) is 11.8 Å². The lowest BCUT2D eigenvalue weighted by molar-refractivity contribution is 0.262. The third-order valence-electron chi connectivity index (χ3n) is 5.35. The van der Waals surface area contributed by atoms with Gasteiger partial charge in [-0.15, -0.1) is 0 Å². The minimum Gasteiger partial charge on any atom is -0.314 e. The van der Waals surface area contributed by atoms with Gasteiger partial charge in [-0.05, 0) is 61.6 Å². The highest BCUT2D eigenvalue weighted by Crippen LogP contribution is 2.30. The topological polar surface area (TPSA) is 12.0 Å². The van der Waals surface area contributed by atoms with Crippen LogP contribution < -0.4 is 5.32 Å². The van der Waals surface area contributed by atoms with E-state index in [-0.39, 0.29) is 0 Å². The van der Waals surface area contributed by atoms with Crippen LogP contribution >= 0.6 is 0 Å². The van der Waals surface area contributed by atoms with E-state index in [1.54, 1.807) is 11.1 Å². The Kier molecular flexibility index (Phi) is 6.76. The van der Waals surface area contributed by atoms with Gasteiger partial charge in [-0.25, -0.2) is 0 Å². The average Bonchev–Trinajstić information content (AvgIpc) is 2.55. The third kappa shape index (κ3) is 4.57. The van der Waals surface area contributed by atoms with Crippen molar-refractivity contribution in [2.75, 3.05) is 6.54 Å². The van der Waals surface area contributed by atoms with E-state index in [4.69, 9.17) is 0 Å². The molecule has 1 aromatic carbocycles. The van der Waals surface area contributed by atoms with Gasteiger partial charge < -0.3 is 5.32 Å². The molecule has 0 aliphatic heterocycles. The lowest BCUT2D eigenvalue weighted by Gasteiger charge is -2.34. The number of fused-ring (bicyclic) bond motifs is 1. The number of aryl methyl sites for hydroxylation is 1. The second-order valence-corrected chi connectivity index (χ2v) is 6.75. The summed E-state index contributed by atoms with van der Waals surface area (Å²) < 4.78 is 0. The minimum atomic E-state index is 0.711. The van der Waals surface area contributed by atoms with Crippen molar-refractivity contribution in [1.82, 2.24) is 5.32 Å². The Morgan fingerprint density at radius 2 is 1.81 bits per heavy atom. The fourth-order valence-electron chi connectivity index (χ4n) is 3.82. The van der Waals surface area contributed by atoms with Gasteiger partial charge in [0.25, 0.3) is 0 Å². The maximum atomic E-state index is 3.87. The Morgan fingerprint density at radius 3 is 2.48 bits per heavy atom. The first-order valence-electron chi connectivity index (χ1n) is 9.08. The van der Waals surface area contributed by atoms with Crippen LogP contribution in [0.3, 0.4) is 0 Å². The van der Waals surface area contributed by atoms with Crippen molar-refractivity contribution in [3.8, 4) is 0 Å². The highest BCUT2D eigenvalue weighted by molar-refractivity contribution is 5.30. The van der Waals surface area contributed by atoms with E-state index in [1.807, 2.05) is 0 Å². The zero-order valence-electron chi connectivity index (χ0n) is 14.2. The first kappa shape index (κ1) is 16.5. The van der Waals surface area contributed by atoms with Crippen LogP contribution in [0.4, 0.5) is 0 Å². The fourth-order valence-corrected chi connectivity index (χ4v) is 3.82. The third-order valence-corrected chi connectivity index (χ3v) is 5.35. The Bertz CT molecular complexity index is 408. The van der Waals surface area contributed by atoms with Crippen LogP contribution in [-0.4, -0.2) is 12.6 Å². The Balaban J connectivity index is 2.03. The molecule has 1 heteroatoms. The summed E-state index contributed by atoms with van der Waals surface area (Å²) in [6, 6.07) is 9.77. The van der Waals surface area contributed by atoms with Gasteiger partial charge in [-0.3, -0.25) is 0 Å². The molecular formula is C20H33N. The summed E-state index contributed by atoms with van der Waals surface area (Å²) in [7, 11) is 0. The normalized spacial score (nSPS) is 19.5. The van der Waals surface area contributed by atoms with E-state index in [0.717, 1.165) is 11.8 Å². The summed E-state index contributed by atoms with van der Waals surface area (Å²) in [4.78, 5) is 0. The van der Waals surface area contributed by atoms with E-state index >= 15 is 0 Å². The zero-order chi connectivity index (χ0) is 15.1. The van der Waals surface area contributed by atoms with Gasteiger partial charge in [0.05, 0.1) is 0 Å². The van der Waals surface area contributed by atoms with Crippen molar-refractivity contribution in [3.63, 3.8) is 0 Å². The van der Waals surface area contributed by atoms with Crippen molar-refractivity contribution in [2.24, 2.45) is 11.8 Å². The molecular weight excluding hydrogens is 254 g/mol. The second-order valence-electron chi connectivity index (χ2n) is 6.75. The molecule has 0 saturated heterocycles. The van der Waals surface area contributed by atoms with Gasteiger partial charge in [0.1, 0.15) is 0 Å². The largest absolute Gasteiger partial charge is 0.314 e. The van der Waals surface area contributed by atoms with Crippen LogP contribution in [0.5, 0.6) is 0 Å². The molecule has 1 aliphatic carbocycles. The summed E-state index contributed by atoms with van der Waals surface area (Å²) in [5, 5.41) is 3.87. The molecule has 0 bridgehead atoms. The summed E-state index contributed by atoms with van der Waals surface area (Å²) in [5.74, 6) is 1.71. The van der Waals surface area contributed by atoms with Crippen molar-refractivity contribution in [3.05, 3.63) is 35.4 Å². The van der Waals surface area contributed by atoms with Crippen molar-refractivity contribution >= 4 is 0 Å². The lowest BCUT2D eigenvalue weighted by atomic mass is 9.77. The van der Waals surface area contributed by atoms with Crippen LogP contribution in [-0.2, 0) is 12.8 Å². The fraction of sp³-hybridized carbons (Fsp3) is 0.700. The number of rotatable bonds is 8. The van der Waals surface area contributed by atoms with E-state index < -0.39 is 0 Å². The van der Waals surface area contributed by atoms with E-state index in [2.05, 4.69) is 50.4 Å². The first-order chi connectivity index (χ1) is 10.3. The van der Waals surface area contributed by atoms with Gasteiger partial charge in [0.2, 0.25) is 0 Å². The van der Waals surface area contributed by atoms with Crippen LogP contribution in [0.1, 0.15) is 64.0 Å².